The molecule has 0 spiro atoms. The summed E-state index contributed by atoms with van der Waals surface area (Å²) in [5.74, 6) is 0.0208. The number of pyridine rings is 1. The highest BCUT2D eigenvalue weighted by molar-refractivity contribution is 6.33. The summed E-state index contributed by atoms with van der Waals surface area (Å²) in [6.45, 7) is 1.86. The van der Waals surface area contributed by atoms with Crippen molar-refractivity contribution in [2.24, 2.45) is 0 Å². The predicted molar refractivity (Wildman–Crippen MR) is 121 cm³/mol. The predicted octanol–water partition coefficient (Wildman–Crippen LogP) is 5.68. The maximum atomic E-state index is 14.4. The lowest BCUT2D eigenvalue weighted by Crippen LogP contribution is -2.14. The molecule has 1 N–H and O–H groups in total. The smallest absolute Gasteiger partial charge is 0.261 e. The number of carbonyl (C=O) groups is 1. The fourth-order valence-corrected chi connectivity index (χ4v) is 3.49. The molecule has 0 bridgehead atoms. The summed E-state index contributed by atoms with van der Waals surface area (Å²) < 4.78 is 30.9. The maximum Gasteiger partial charge on any atom is 0.261 e. The molecule has 2 aromatic carbocycles. The molecule has 2 aromatic heterocycles. The average Bonchev–Trinajstić information content (AvgIpc) is 3.19. The Morgan fingerprint density at radius 1 is 1.15 bits per heavy atom. The molecule has 0 aliphatic heterocycles. The van der Waals surface area contributed by atoms with Crippen LogP contribution in [0.15, 0.2) is 65.4 Å². The molecule has 0 saturated carbocycles. The van der Waals surface area contributed by atoms with Gasteiger partial charge in [-0.1, -0.05) is 22.8 Å². The third-order valence-corrected chi connectivity index (χ3v) is 5.17. The van der Waals surface area contributed by atoms with Gasteiger partial charge in [-0.15, -0.1) is 0 Å². The van der Waals surface area contributed by atoms with Crippen LogP contribution in [0.2, 0.25) is 5.02 Å². The molecule has 33 heavy (non-hydrogen) atoms. The van der Waals surface area contributed by atoms with Crippen molar-refractivity contribution in [2.45, 2.75) is 13.5 Å². The number of rotatable bonds is 7. The van der Waals surface area contributed by atoms with Gasteiger partial charge in [-0.2, -0.15) is 0 Å². The minimum Gasteiger partial charge on any atom is -0.493 e. The minimum absolute atomic E-state index is 0.00253. The largest absolute Gasteiger partial charge is 0.493 e. The van der Waals surface area contributed by atoms with E-state index in [4.69, 9.17) is 25.6 Å². The minimum atomic E-state index is -0.610. The van der Waals surface area contributed by atoms with Crippen molar-refractivity contribution in [1.29, 1.82) is 0 Å². The summed E-state index contributed by atoms with van der Waals surface area (Å²) >= 11 is 6.16. The number of amides is 1. The van der Waals surface area contributed by atoms with E-state index in [-0.39, 0.29) is 34.2 Å². The van der Waals surface area contributed by atoms with Crippen molar-refractivity contribution < 1.29 is 23.2 Å². The summed E-state index contributed by atoms with van der Waals surface area (Å²) in [7, 11) is 1.53. The third-order valence-electron chi connectivity index (χ3n) is 4.85. The van der Waals surface area contributed by atoms with Gasteiger partial charge in [0.25, 0.3) is 5.91 Å². The van der Waals surface area contributed by atoms with Crippen LogP contribution >= 0.6 is 11.6 Å². The molecule has 2 heterocycles. The first-order valence-corrected chi connectivity index (χ1v) is 10.3. The number of anilines is 1. The number of nitrogens with one attached hydrogen (secondary N) is 1. The normalized spacial score (nSPS) is 10.7. The van der Waals surface area contributed by atoms with Gasteiger partial charge in [0.1, 0.15) is 29.4 Å². The van der Waals surface area contributed by atoms with E-state index in [2.05, 4.69) is 15.5 Å². The number of ether oxygens (including phenoxy) is 2. The highest BCUT2D eigenvalue weighted by Gasteiger charge is 2.25. The summed E-state index contributed by atoms with van der Waals surface area (Å²) in [6, 6.07) is 12.9. The number of benzene rings is 2. The van der Waals surface area contributed by atoms with Crippen molar-refractivity contribution in [3.63, 3.8) is 0 Å². The number of aryl methyl sites for hydroxylation is 1. The lowest BCUT2D eigenvalue weighted by atomic mass is 10.0. The van der Waals surface area contributed by atoms with Gasteiger partial charge in [-0.3, -0.25) is 9.78 Å². The Hall–Kier alpha value is -3.91. The van der Waals surface area contributed by atoms with Crippen LogP contribution in [0, 0.1) is 12.7 Å². The number of aromatic nitrogens is 2. The quantitative estimate of drug-likeness (QED) is 0.376. The Morgan fingerprint density at radius 3 is 2.67 bits per heavy atom. The maximum absolute atomic E-state index is 14.4. The topological polar surface area (TPSA) is 86.5 Å². The van der Waals surface area contributed by atoms with Crippen LogP contribution in [-0.4, -0.2) is 23.2 Å². The molecule has 1 amide bonds. The summed E-state index contributed by atoms with van der Waals surface area (Å²) in [4.78, 5) is 17.1. The van der Waals surface area contributed by atoms with Crippen molar-refractivity contribution >= 4 is 23.2 Å². The molecule has 0 aliphatic rings. The molecule has 0 atom stereocenters. The fraction of sp³-hybridized carbons (Fsp3) is 0.125. The van der Waals surface area contributed by atoms with E-state index >= 15 is 0 Å². The standard InChI is InChI=1S/C24H19ClFN3O4/c1-14-21(23(29-33-14)22-17(25)4-3-5-18(22)26)24(30)28-16-6-7-19(31-2)20(12-16)32-13-15-8-10-27-11-9-15/h3-12H,13H2,1-2H3,(H,28,30). The Balaban J connectivity index is 1.60. The van der Waals surface area contributed by atoms with E-state index < -0.39 is 11.7 Å². The zero-order chi connectivity index (χ0) is 23.4. The molecule has 168 valence electrons. The highest BCUT2D eigenvalue weighted by Crippen LogP contribution is 2.35. The molecule has 7 nitrogen and oxygen atoms in total. The van der Waals surface area contributed by atoms with E-state index in [0.717, 1.165) is 5.56 Å². The average molecular weight is 468 g/mol. The zero-order valence-electron chi connectivity index (χ0n) is 17.8. The Kier molecular flexibility index (Phi) is 6.55. The molecule has 4 aromatic rings. The van der Waals surface area contributed by atoms with Crippen LogP contribution in [-0.2, 0) is 6.61 Å². The molecule has 9 heteroatoms. The molecule has 0 aliphatic carbocycles. The molecule has 0 unspecified atom stereocenters. The SMILES string of the molecule is COc1ccc(NC(=O)c2c(-c3c(F)cccc3Cl)noc2C)cc1OCc1ccncc1. The van der Waals surface area contributed by atoms with Crippen molar-refractivity contribution in [2.75, 3.05) is 12.4 Å². The summed E-state index contributed by atoms with van der Waals surface area (Å²) in [6.07, 6.45) is 3.35. The van der Waals surface area contributed by atoms with Gasteiger partial charge >= 0.3 is 0 Å². The molecule has 0 saturated heterocycles. The first kappa shape index (κ1) is 22.3. The van der Waals surface area contributed by atoms with Crippen LogP contribution < -0.4 is 14.8 Å². The second kappa shape index (κ2) is 9.70. The van der Waals surface area contributed by atoms with E-state index in [1.807, 2.05) is 12.1 Å². The van der Waals surface area contributed by atoms with Gasteiger partial charge in [0.2, 0.25) is 0 Å². The monoisotopic (exact) mass is 467 g/mol. The third kappa shape index (κ3) is 4.80. The van der Waals surface area contributed by atoms with E-state index in [1.54, 1.807) is 37.5 Å². The van der Waals surface area contributed by atoms with Gasteiger partial charge in [0.05, 0.1) is 17.7 Å². The van der Waals surface area contributed by atoms with Crippen LogP contribution in [0.25, 0.3) is 11.3 Å². The molecule has 0 fully saturated rings. The van der Waals surface area contributed by atoms with Crippen LogP contribution in [0.4, 0.5) is 10.1 Å². The molecular weight excluding hydrogens is 449 g/mol. The van der Waals surface area contributed by atoms with Gasteiger partial charge in [-0.05, 0) is 48.9 Å². The van der Waals surface area contributed by atoms with E-state index in [9.17, 15) is 9.18 Å². The fourth-order valence-electron chi connectivity index (χ4n) is 3.24. The number of halogens is 2. The number of methoxy groups -OCH3 is 1. The van der Waals surface area contributed by atoms with Crippen molar-refractivity contribution in [3.8, 4) is 22.8 Å². The van der Waals surface area contributed by atoms with E-state index in [0.29, 0.717) is 17.2 Å². The van der Waals surface area contributed by atoms with E-state index in [1.165, 1.54) is 25.3 Å². The Bertz CT molecular complexity index is 1270. The highest BCUT2D eigenvalue weighted by atomic mass is 35.5. The number of hydrogen-bond acceptors (Lipinski definition) is 6. The lowest BCUT2D eigenvalue weighted by molar-refractivity contribution is 0.102. The summed E-state index contributed by atoms with van der Waals surface area (Å²) in [5, 5.41) is 6.76. The Labute approximate surface area is 194 Å². The number of hydrogen-bond donors (Lipinski definition) is 1. The number of carbonyl (C=O) groups excluding carboxylic acids is 1. The van der Waals surface area contributed by atoms with Crippen LogP contribution in [0.1, 0.15) is 21.7 Å². The second-order valence-electron chi connectivity index (χ2n) is 7.02. The van der Waals surface area contributed by atoms with Crippen molar-refractivity contribution in [1.82, 2.24) is 10.1 Å². The first-order chi connectivity index (χ1) is 16.0. The summed E-state index contributed by atoms with van der Waals surface area (Å²) in [5.41, 5.74) is 1.47. The molecule has 0 radical (unpaired) electrons. The first-order valence-electron chi connectivity index (χ1n) is 9.89. The molecule has 4 rings (SSSR count). The van der Waals surface area contributed by atoms with Gasteiger partial charge in [-0.25, -0.2) is 4.39 Å². The number of nitrogens with zero attached hydrogens (tertiary/aromatic N) is 2. The van der Waals surface area contributed by atoms with Gasteiger partial charge < -0.3 is 19.3 Å². The van der Waals surface area contributed by atoms with Crippen LogP contribution in [0.3, 0.4) is 0 Å². The van der Waals surface area contributed by atoms with Crippen LogP contribution in [0.5, 0.6) is 11.5 Å². The molecular formula is C24H19ClFN3O4. The second-order valence-corrected chi connectivity index (χ2v) is 7.43. The van der Waals surface area contributed by atoms with Crippen molar-refractivity contribution in [3.05, 3.63) is 88.7 Å². The Morgan fingerprint density at radius 2 is 1.94 bits per heavy atom. The van der Waals surface area contributed by atoms with Gasteiger partial charge in [0, 0.05) is 24.1 Å². The lowest BCUT2D eigenvalue weighted by Gasteiger charge is -2.13. The van der Waals surface area contributed by atoms with Gasteiger partial charge in [0.15, 0.2) is 11.5 Å². The zero-order valence-corrected chi connectivity index (χ0v) is 18.5.